The van der Waals surface area contributed by atoms with Gasteiger partial charge in [-0.05, 0) is 36.8 Å². The lowest BCUT2D eigenvalue weighted by atomic mass is 9.97. The second-order valence-electron chi connectivity index (χ2n) is 5.08. The Morgan fingerprint density at radius 2 is 2.22 bits per heavy atom. The van der Waals surface area contributed by atoms with Crippen molar-refractivity contribution in [2.24, 2.45) is 11.8 Å². The Balaban J connectivity index is 1.71. The maximum Gasteiger partial charge on any atom is 0.138 e. The topological polar surface area (TPSA) is 49.6 Å². The van der Waals surface area contributed by atoms with Crippen LogP contribution in [0.4, 0.5) is 5.82 Å². The third kappa shape index (κ3) is 2.08. The van der Waals surface area contributed by atoms with E-state index in [1.807, 2.05) is 24.5 Å². The van der Waals surface area contributed by atoms with Crippen molar-refractivity contribution in [1.29, 1.82) is 0 Å². The van der Waals surface area contributed by atoms with Crippen LogP contribution >= 0.6 is 0 Å². The number of aliphatic hydroxyl groups excluding tert-OH is 1. The molecule has 0 bridgehead atoms. The van der Waals surface area contributed by atoms with Gasteiger partial charge in [0.15, 0.2) is 0 Å². The third-order valence-corrected chi connectivity index (χ3v) is 4.02. The Bertz CT molecular complexity index is 522. The minimum atomic E-state index is 0.321. The van der Waals surface area contributed by atoms with Crippen molar-refractivity contribution >= 4 is 11.5 Å². The number of fused-ring (bicyclic) bond motifs is 1. The van der Waals surface area contributed by atoms with E-state index in [-0.39, 0.29) is 0 Å². The van der Waals surface area contributed by atoms with Crippen LogP contribution in [-0.2, 0) is 0 Å². The van der Waals surface area contributed by atoms with E-state index in [4.69, 9.17) is 0 Å². The molecule has 1 aliphatic carbocycles. The van der Waals surface area contributed by atoms with Gasteiger partial charge in [0.05, 0.1) is 0 Å². The molecule has 2 N–H and O–H groups in total. The zero-order chi connectivity index (χ0) is 12.4. The highest BCUT2D eigenvalue weighted by Crippen LogP contribution is 2.31. The summed E-state index contributed by atoms with van der Waals surface area (Å²) in [5, 5.41) is 12.8. The van der Waals surface area contributed by atoms with Crippen LogP contribution in [0.3, 0.4) is 0 Å². The minimum absolute atomic E-state index is 0.321. The third-order valence-electron chi connectivity index (χ3n) is 4.02. The number of nitrogens with zero attached hydrogens (tertiary/aromatic N) is 2. The molecule has 1 aliphatic rings. The Hall–Kier alpha value is -1.55. The largest absolute Gasteiger partial charge is 0.396 e. The molecule has 4 nitrogen and oxygen atoms in total. The number of aliphatic hydroxyl groups is 1. The van der Waals surface area contributed by atoms with Crippen molar-refractivity contribution in [2.75, 3.05) is 18.5 Å². The minimum Gasteiger partial charge on any atom is -0.396 e. The first-order valence-corrected chi connectivity index (χ1v) is 6.65. The van der Waals surface area contributed by atoms with Crippen LogP contribution in [0.25, 0.3) is 5.65 Å². The summed E-state index contributed by atoms with van der Waals surface area (Å²) >= 11 is 0. The zero-order valence-corrected chi connectivity index (χ0v) is 10.4. The molecule has 0 spiro atoms. The molecule has 1 fully saturated rings. The summed E-state index contributed by atoms with van der Waals surface area (Å²) in [5.41, 5.74) is 0.963. The second-order valence-corrected chi connectivity index (χ2v) is 5.08. The lowest BCUT2D eigenvalue weighted by Crippen LogP contribution is -2.21. The Morgan fingerprint density at radius 3 is 3.11 bits per heavy atom. The standard InChI is InChI=1S/C14H19N3O/c18-10-12-4-1-3-11(12)9-16-14-6-2-5-13-15-7-8-17(13)14/h2,5-8,11-12,16,18H,1,3-4,9-10H2. The molecule has 0 radical (unpaired) electrons. The number of nitrogens with one attached hydrogen (secondary N) is 1. The van der Waals surface area contributed by atoms with Crippen molar-refractivity contribution in [3.63, 3.8) is 0 Å². The lowest BCUT2D eigenvalue weighted by Gasteiger charge is -2.19. The number of pyridine rings is 1. The van der Waals surface area contributed by atoms with Gasteiger partial charge in [0.1, 0.15) is 11.5 Å². The zero-order valence-electron chi connectivity index (χ0n) is 10.4. The van der Waals surface area contributed by atoms with E-state index in [1.54, 1.807) is 0 Å². The Labute approximate surface area is 107 Å². The Kier molecular flexibility index (Phi) is 3.19. The summed E-state index contributed by atoms with van der Waals surface area (Å²) in [6, 6.07) is 6.08. The molecule has 2 aromatic rings. The van der Waals surface area contributed by atoms with Crippen molar-refractivity contribution in [2.45, 2.75) is 19.3 Å². The van der Waals surface area contributed by atoms with Gasteiger partial charge in [-0.2, -0.15) is 0 Å². The van der Waals surface area contributed by atoms with Crippen molar-refractivity contribution in [3.05, 3.63) is 30.6 Å². The van der Waals surface area contributed by atoms with Crippen LogP contribution in [-0.4, -0.2) is 27.6 Å². The smallest absolute Gasteiger partial charge is 0.138 e. The second kappa shape index (κ2) is 4.98. The number of imidazole rings is 1. The van der Waals surface area contributed by atoms with E-state index >= 15 is 0 Å². The van der Waals surface area contributed by atoms with Crippen LogP contribution in [0.5, 0.6) is 0 Å². The summed E-state index contributed by atoms with van der Waals surface area (Å²) in [7, 11) is 0. The molecule has 2 heterocycles. The van der Waals surface area contributed by atoms with Gasteiger partial charge in [-0.15, -0.1) is 0 Å². The summed E-state index contributed by atoms with van der Waals surface area (Å²) in [6.45, 7) is 1.25. The molecule has 0 amide bonds. The molecule has 18 heavy (non-hydrogen) atoms. The number of anilines is 1. The molecule has 2 atom stereocenters. The predicted molar refractivity (Wildman–Crippen MR) is 71.6 cm³/mol. The van der Waals surface area contributed by atoms with E-state index in [2.05, 4.69) is 20.8 Å². The molecule has 3 rings (SSSR count). The van der Waals surface area contributed by atoms with E-state index in [9.17, 15) is 5.11 Å². The van der Waals surface area contributed by atoms with E-state index < -0.39 is 0 Å². The molecule has 2 aromatic heterocycles. The van der Waals surface area contributed by atoms with E-state index in [0.29, 0.717) is 18.4 Å². The fourth-order valence-electron chi connectivity index (χ4n) is 2.95. The van der Waals surface area contributed by atoms with Crippen molar-refractivity contribution in [1.82, 2.24) is 9.38 Å². The summed E-state index contributed by atoms with van der Waals surface area (Å²) in [6.07, 6.45) is 7.41. The van der Waals surface area contributed by atoms with Gasteiger partial charge in [0.25, 0.3) is 0 Å². The molecule has 4 heteroatoms. The monoisotopic (exact) mass is 245 g/mol. The van der Waals surface area contributed by atoms with Crippen LogP contribution in [0.1, 0.15) is 19.3 Å². The molecule has 96 valence electrons. The highest BCUT2D eigenvalue weighted by molar-refractivity contribution is 5.49. The van der Waals surface area contributed by atoms with Gasteiger partial charge in [-0.25, -0.2) is 4.98 Å². The van der Waals surface area contributed by atoms with Crippen molar-refractivity contribution in [3.8, 4) is 0 Å². The fourth-order valence-corrected chi connectivity index (χ4v) is 2.95. The van der Waals surface area contributed by atoms with Gasteiger partial charge < -0.3 is 10.4 Å². The molecule has 0 saturated heterocycles. The maximum absolute atomic E-state index is 9.33. The first-order chi connectivity index (χ1) is 8.88. The van der Waals surface area contributed by atoms with Crippen LogP contribution in [0, 0.1) is 11.8 Å². The van der Waals surface area contributed by atoms with E-state index in [1.165, 1.54) is 12.8 Å². The predicted octanol–water partition coefficient (Wildman–Crippen LogP) is 2.15. The quantitative estimate of drug-likeness (QED) is 0.867. The molecule has 1 saturated carbocycles. The summed E-state index contributed by atoms with van der Waals surface area (Å²) in [4.78, 5) is 4.27. The number of rotatable bonds is 4. The molecular formula is C14H19N3O. The van der Waals surface area contributed by atoms with E-state index in [0.717, 1.165) is 24.4 Å². The summed E-state index contributed by atoms with van der Waals surface area (Å²) < 4.78 is 2.06. The number of hydrogen-bond acceptors (Lipinski definition) is 3. The van der Waals surface area contributed by atoms with Gasteiger partial charge >= 0.3 is 0 Å². The Morgan fingerprint density at radius 1 is 1.33 bits per heavy atom. The van der Waals surface area contributed by atoms with Gasteiger partial charge in [-0.1, -0.05) is 12.5 Å². The fraction of sp³-hybridized carbons (Fsp3) is 0.500. The number of aromatic nitrogens is 2. The molecule has 0 aliphatic heterocycles. The van der Waals surface area contributed by atoms with Gasteiger partial charge in [-0.3, -0.25) is 4.40 Å². The average Bonchev–Trinajstić information content (AvgIpc) is 3.04. The first-order valence-electron chi connectivity index (χ1n) is 6.65. The number of hydrogen-bond donors (Lipinski definition) is 2. The van der Waals surface area contributed by atoms with Crippen molar-refractivity contribution < 1.29 is 5.11 Å². The van der Waals surface area contributed by atoms with Crippen LogP contribution < -0.4 is 5.32 Å². The SMILES string of the molecule is OCC1CCCC1CNc1cccc2nccn12. The summed E-state index contributed by atoms with van der Waals surface area (Å²) in [5.74, 6) is 2.14. The average molecular weight is 245 g/mol. The van der Waals surface area contributed by atoms with Crippen LogP contribution in [0.2, 0.25) is 0 Å². The molecular weight excluding hydrogens is 226 g/mol. The molecule has 2 unspecified atom stereocenters. The highest BCUT2D eigenvalue weighted by atomic mass is 16.3. The van der Waals surface area contributed by atoms with Gasteiger partial charge in [0.2, 0.25) is 0 Å². The lowest BCUT2D eigenvalue weighted by molar-refractivity contribution is 0.199. The maximum atomic E-state index is 9.33. The highest BCUT2D eigenvalue weighted by Gasteiger charge is 2.26. The first kappa shape index (κ1) is 11.5. The van der Waals surface area contributed by atoms with Crippen LogP contribution in [0.15, 0.2) is 30.6 Å². The normalized spacial score (nSPS) is 23.6. The van der Waals surface area contributed by atoms with Gasteiger partial charge in [0, 0.05) is 25.5 Å². The molecule has 0 aromatic carbocycles.